The molecule has 0 aromatic rings. The Kier molecular flexibility index (Phi) is 8.63. The normalized spacial score (nSPS) is 61.3. The second-order valence-electron chi connectivity index (χ2n) is 20.8. The van der Waals surface area contributed by atoms with Crippen molar-refractivity contribution in [1.82, 2.24) is 0 Å². The Hall–Kier alpha value is -0.160. The molecule has 8 aliphatic rings. The van der Waals surface area contributed by atoms with Gasteiger partial charge in [-0.05, 0) is 159 Å². The van der Waals surface area contributed by atoms with Gasteiger partial charge in [-0.2, -0.15) is 0 Å². The average Bonchev–Trinajstić information content (AvgIpc) is 3.67. The minimum atomic E-state index is -0.464. The van der Waals surface area contributed by atoms with Gasteiger partial charge in [-0.3, -0.25) is 0 Å². The van der Waals surface area contributed by atoms with E-state index in [9.17, 15) is 10.2 Å². The molecule has 0 aromatic carbocycles. The lowest BCUT2D eigenvalue weighted by Crippen LogP contribution is -2.69. The van der Waals surface area contributed by atoms with E-state index in [1.54, 1.807) is 0 Å². The summed E-state index contributed by atoms with van der Waals surface area (Å²) >= 11 is 0. The van der Waals surface area contributed by atoms with Crippen molar-refractivity contribution in [2.24, 2.45) is 99.1 Å². The first-order valence-electron chi connectivity index (χ1n) is 20.9. The van der Waals surface area contributed by atoms with Crippen molar-refractivity contribution < 1.29 is 19.7 Å². The second-order valence-corrected chi connectivity index (χ2v) is 20.8. The fourth-order valence-electron chi connectivity index (χ4n) is 17.2. The van der Waals surface area contributed by atoms with Crippen LogP contribution in [0.15, 0.2) is 0 Å². The maximum absolute atomic E-state index is 12.3. The summed E-state index contributed by atoms with van der Waals surface area (Å²) in [4.78, 5) is 0. The molecule has 0 aromatic heterocycles. The topological polar surface area (TPSA) is 58.9 Å². The van der Waals surface area contributed by atoms with Crippen LogP contribution in [0.3, 0.4) is 0 Å². The molecule has 0 bridgehead atoms. The first kappa shape index (κ1) is 34.0. The van der Waals surface area contributed by atoms with Crippen molar-refractivity contribution in [2.45, 2.75) is 163 Å². The van der Waals surface area contributed by atoms with Gasteiger partial charge in [0.15, 0.2) is 0 Å². The maximum atomic E-state index is 12.3. The zero-order chi connectivity index (χ0) is 33.2. The molecular formula is C43H72O4. The Labute approximate surface area is 288 Å². The molecule has 0 radical (unpaired) electrons. The van der Waals surface area contributed by atoms with E-state index in [2.05, 4.69) is 48.5 Å². The van der Waals surface area contributed by atoms with Gasteiger partial charge < -0.3 is 19.7 Å². The van der Waals surface area contributed by atoms with E-state index in [0.29, 0.717) is 48.1 Å². The molecule has 4 heteroatoms. The zero-order valence-corrected chi connectivity index (χ0v) is 31.5. The molecule has 4 nitrogen and oxygen atoms in total. The number of aliphatic hydroxyl groups is 2. The van der Waals surface area contributed by atoms with Gasteiger partial charge in [-0.25, -0.2) is 0 Å². The van der Waals surface area contributed by atoms with E-state index < -0.39 is 12.2 Å². The van der Waals surface area contributed by atoms with Crippen LogP contribution in [0.25, 0.3) is 0 Å². The minimum absolute atomic E-state index is 0.0310. The predicted octanol–water partition coefficient (Wildman–Crippen LogP) is 9.36. The van der Waals surface area contributed by atoms with Crippen LogP contribution >= 0.6 is 0 Å². The lowest BCUT2D eigenvalue weighted by atomic mass is 9.32. The standard InChI is InChI=1S/C43H72O4/c1-23-19-42(7)21-41(6)20-34-33(30-13-12-28-10-9-11-29(28)16-30)18-32(31-14-15-35-36(17-31)47-22-46-35)24(2)38(34)25(3)39(41)26(4)43(42,8)40(45)37(23)27(5)44/h23-40,44-45H,9-22H2,1-8H3. The Morgan fingerprint density at radius 1 is 0.702 bits per heavy atom. The molecule has 1 saturated heterocycles. The number of ether oxygens (including phenoxy) is 2. The summed E-state index contributed by atoms with van der Waals surface area (Å²) in [5, 5.41) is 23.3. The number of hydrogen-bond acceptors (Lipinski definition) is 4. The number of fused-ring (bicyclic) bond motifs is 5. The molecular weight excluding hydrogens is 580 g/mol. The predicted molar refractivity (Wildman–Crippen MR) is 188 cm³/mol. The smallest absolute Gasteiger partial charge is 0.147 e. The largest absolute Gasteiger partial charge is 0.393 e. The highest BCUT2D eigenvalue weighted by Crippen LogP contribution is 2.75. The summed E-state index contributed by atoms with van der Waals surface area (Å²) in [6.45, 7) is 20.4. The summed E-state index contributed by atoms with van der Waals surface area (Å²) in [5.41, 5.74) is 0.229. The Bertz CT molecular complexity index is 1150. The monoisotopic (exact) mass is 653 g/mol. The molecule has 0 amide bonds. The quantitative estimate of drug-likeness (QED) is 0.319. The Morgan fingerprint density at radius 2 is 1.38 bits per heavy atom. The summed E-state index contributed by atoms with van der Waals surface area (Å²) < 4.78 is 12.2. The molecule has 0 spiro atoms. The molecule has 8 fully saturated rings. The van der Waals surface area contributed by atoms with Gasteiger partial charge in [0.05, 0.1) is 24.4 Å². The van der Waals surface area contributed by atoms with Crippen LogP contribution < -0.4 is 0 Å². The van der Waals surface area contributed by atoms with Crippen LogP contribution in [0.1, 0.15) is 139 Å². The van der Waals surface area contributed by atoms with E-state index in [4.69, 9.17) is 9.47 Å². The average molecular weight is 653 g/mol. The minimum Gasteiger partial charge on any atom is -0.393 e. The third kappa shape index (κ3) is 4.99. The molecule has 8 rings (SSSR count). The highest BCUT2D eigenvalue weighted by atomic mass is 16.7. The van der Waals surface area contributed by atoms with Gasteiger partial charge in [0, 0.05) is 11.3 Å². The third-order valence-electron chi connectivity index (χ3n) is 19.0. The lowest BCUT2D eigenvalue weighted by molar-refractivity contribution is -0.273. The highest BCUT2D eigenvalue weighted by Gasteiger charge is 2.70. The van der Waals surface area contributed by atoms with Crippen molar-refractivity contribution in [2.75, 3.05) is 6.79 Å². The van der Waals surface area contributed by atoms with Crippen LogP contribution in [-0.2, 0) is 9.47 Å². The highest BCUT2D eigenvalue weighted by molar-refractivity contribution is 5.18. The Balaban J connectivity index is 1.15. The number of hydrogen-bond donors (Lipinski definition) is 2. The lowest BCUT2D eigenvalue weighted by Gasteiger charge is -2.73. The van der Waals surface area contributed by atoms with Crippen molar-refractivity contribution in [3.63, 3.8) is 0 Å². The molecule has 21 atom stereocenters. The summed E-state index contributed by atoms with van der Waals surface area (Å²) in [7, 11) is 0. The van der Waals surface area contributed by atoms with Crippen molar-refractivity contribution in [3.8, 4) is 0 Å². The van der Waals surface area contributed by atoms with Crippen molar-refractivity contribution in [3.05, 3.63) is 0 Å². The van der Waals surface area contributed by atoms with Crippen LogP contribution in [0, 0.1) is 99.1 Å². The number of aliphatic hydroxyl groups excluding tert-OH is 2. The fraction of sp³-hybridized carbons (Fsp3) is 1.00. The van der Waals surface area contributed by atoms with E-state index in [-0.39, 0.29) is 16.7 Å². The second kappa shape index (κ2) is 11.9. The molecule has 268 valence electrons. The maximum Gasteiger partial charge on any atom is 0.147 e. The SMILES string of the molecule is CC(O)C1C(C)CC2(C)CC3(C)CC4C(C5CCC6CCCC6C5)CC(C5CCC6OCOC6C5)C(C)C4C(C)C3C(C)C2(C)C1O. The summed E-state index contributed by atoms with van der Waals surface area (Å²) in [5.74, 6) is 9.84. The molecule has 1 aliphatic heterocycles. The van der Waals surface area contributed by atoms with Crippen LogP contribution in [-0.4, -0.2) is 41.4 Å². The third-order valence-corrected chi connectivity index (χ3v) is 19.0. The molecule has 21 unspecified atom stereocenters. The van der Waals surface area contributed by atoms with E-state index in [0.717, 1.165) is 59.7 Å². The number of rotatable bonds is 3. The van der Waals surface area contributed by atoms with Crippen LogP contribution in [0.5, 0.6) is 0 Å². The Morgan fingerprint density at radius 3 is 2.15 bits per heavy atom. The van der Waals surface area contributed by atoms with Gasteiger partial charge in [0.2, 0.25) is 0 Å². The van der Waals surface area contributed by atoms with Crippen LogP contribution in [0.4, 0.5) is 0 Å². The van der Waals surface area contributed by atoms with Gasteiger partial charge >= 0.3 is 0 Å². The molecule has 7 saturated carbocycles. The summed E-state index contributed by atoms with van der Waals surface area (Å²) in [6.07, 6.45) is 17.8. The van der Waals surface area contributed by atoms with E-state index >= 15 is 0 Å². The van der Waals surface area contributed by atoms with Gasteiger partial charge in [-0.15, -0.1) is 0 Å². The van der Waals surface area contributed by atoms with Gasteiger partial charge in [-0.1, -0.05) is 67.7 Å². The fourth-order valence-corrected chi connectivity index (χ4v) is 17.2. The molecule has 2 N–H and O–H groups in total. The van der Waals surface area contributed by atoms with E-state index in [1.165, 1.54) is 77.0 Å². The zero-order valence-electron chi connectivity index (χ0n) is 31.5. The molecule has 7 aliphatic carbocycles. The van der Waals surface area contributed by atoms with Crippen molar-refractivity contribution >= 4 is 0 Å². The van der Waals surface area contributed by atoms with Gasteiger partial charge in [0.25, 0.3) is 0 Å². The van der Waals surface area contributed by atoms with Crippen molar-refractivity contribution in [1.29, 1.82) is 0 Å². The van der Waals surface area contributed by atoms with Crippen LogP contribution in [0.2, 0.25) is 0 Å². The van der Waals surface area contributed by atoms with E-state index in [1.807, 2.05) is 6.92 Å². The molecule has 47 heavy (non-hydrogen) atoms. The first-order valence-corrected chi connectivity index (χ1v) is 20.9. The molecule has 1 heterocycles. The van der Waals surface area contributed by atoms with Gasteiger partial charge in [0.1, 0.15) is 6.79 Å². The first-order chi connectivity index (χ1) is 22.3. The summed E-state index contributed by atoms with van der Waals surface area (Å²) in [6, 6.07) is 0.